The maximum Gasteiger partial charge on any atom is 0.274 e. The number of rotatable bonds is 3. The van der Waals surface area contributed by atoms with Crippen molar-refractivity contribution in [3.63, 3.8) is 0 Å². The van der Waals surface area contributed by atoms with Crippen molar-refractivity contribution in [3.8, 4) is 0 Å². The van der Waals surface area contributed by atoms with E-state index in [0.29, 0.717) is 18.2 Å². The Hall–Kier alpha value is -2.21. The van der Waals surface area contributed by atoms with Gasteiger partial charge in [-0.2, -0.15) is 0 Å². The van der Waals surface area contributed by atoms with Gasteiger partial charge in [0.15, 0.2) is 0 Å². The molecule has 4 rings (SSSR count). The number of pyridine rings is 2. The van der Waals surface area contributed by atoms with Gasteiger partial charge in [-0.1, -0.05) is 6.07 Å². The van der Waals surface area contributed by atoms with E-state index in [-0.39, 0.29) is 23.3 Å². The molecular formula is C21H27N3O3. The fourth-order valence-electron chi connectivity index (χ4n) is 4.57. The van der Waals surface area contributed by atoms with Crippen LogP contribution in [0.15, 0.2) is 29.2 Å². The molecule has 0 bridgehead atoms. The second kappa shape index (κ2) is 7.80. The van der Waals surface area contributed by atoms with Gasteiger partial charge in [-0.05, 0) is 50.7 Å². The van der Waals surface area contributed by atoms with Crippen LogP contribution < -0.4 is 5.56 Å². The number of hydrogen-bond acceptors (Lipinski definition) is 4. The smallest absolute Gasteiger partial charge is 0.274 e. The van der Waals surface area contributed by atoms with Crippen LogP contribution in [0.5, 0.6) is 0 Å². The first kappa shape index (κ1) is 18.2. The van der Waals surface area contributed by atoms with Crippen molar-refractivity contribution in [1.82, 2.24) is 14.9 Å². The Balaban J connectivity index is 1.48. The molecule has 2 aromatic heterocycles. The second-order valence-corrected chi connectivity index (χ2v) is 7.83. The molecule has 1 aliphatic carbocycles. The second-order valence-electron chi connectivity index (χ2n) is 7.83. The first-order valence-electron chi connectivity index (χ1n) is 9.95. The molecule has 1 amide bonds. The molecule has 0 spiro atoms. The Labute approximate surface area is 158 Å². The van der Waals surface area contributed by atoms with E-state index >= 15 is 0 Å². The predicted molar refractivity (Wildman–Crippen MR) is 104 cm³/mol. The topological polar surface area (TPSA) is 75.3 Å². The molecule has 2 aromatic rings. The van der Waals surface area contributed by atoms with Crippen LogP contribution in [0.25, 0.3) is 10.9 Å². The zero-order valence-electron chi connectivity index (χ0n) is 15.8. The maximum atomic E-state index is 13.0. The Morgan fingerprint density at radius 3 is 2.85 bits per heavy atom. The summed E-state index contributed by atoms with van der Waals surface area (Å²) in [7, 11) is 1.75. The van der Waals surface area contributed by atoms with Crippen LogP contribution in [-0.2, 0) is 9.53 Å². The first-order valence-corrected chi connectivity index (χ1v) is 9.95. The highest BCUT2D eigenvalue weighted by Gasteiger charge is 2.32. The highest BCUT2D eigenvalue weighted by molar-refractivity contribution is 5.79. The van der Waals surface area contributed by atoms with E-state index in [1.54, 1.807) is 13.3 Å². The number of methoxy groups -OCH3 is 1. The molecule has 6 nitrogen and oxygen atoms in total. The largest absolute Gasteiger partial charge is 0.381 e. The summed E-state index contributed by atoms with van der Waals surface area (Å²) in [4.78, 5) is 34.5. The van der Waals surface area contributed by atoms with Crippen molar-refractivity contribution in [1.29, 1.82) is 0 Å². The number of amides is 1. The predicted octanol–water partition coefficient (Wildman–Crippen LogP) is 2.83. The summed E-state index contributed by atoms with van der Waals surface area (Å²) in [5, 5.41) is 0.859. The number of H-pyrrole nitrogens is 1. The molecule has 1 aliphatic heterocycles. The SMILES string of the molecule is COC1CCC(C(=O)N2CCCC(c3cc4cccnc4c(=O)[nH]3)C2)CC1. The molecule has 1 unspecified atom stereocenters. The van der Waals surface area contributed by atoms with E-state index in [1.165, 1.54) is 0 Å². The average molecular weight is 369 g/mol. The summed E-state index contributed by atoms with van der Waals surface area (Å²) < 4.78 is 5.42. The third kappa shape index (κ3) is 3.76. The molecule has 0 aromatic carbocycles. The lowest BCUT2D eigenvalue weighted by molar-refractivity contribution is -0.138. The van der Waals surface area contributed by atoms with E-state index in [1.807, 2.05) is 23.1 Å². The van der Waals surface area contributed by atoms with Gasteiger partial charge in [0.1, 0.15) is 5.52 Å². The number of nitrogens with zero attached hydrogens (tertiary/aromatic N) is 2. The van der Waals surface area contributed by atoms with Crippen LogP contribution in [0, 0.1) is 5.92 Å². The Morgan fingerprint density at radius 2 is 2.07 bits per heavy atom. The van der Waals surface area contributed by atoms with Gasteiger partial charge < -0.3 is 14.6 Å². The summed E-state index contributed by atoms with van der Waals surface area (Å²) >= 11 is 0. The molecular weight excluding hydrogens is 342 g/mol. The summed E-state index contributed by atoms with van der Waals surface area (Å²) in [6, 6.07) is 5.78. The van der Waals surface area contributed by atoms with Gasteiger partial charge in [0, 0.05) is 49.3 Å². The molecule has 1 saturated carbocycles. The third-order valence-electron chi connectivity index (χ3n) is 6.15. The van der Waals surface area contributed by atoms with E-state index in [4.69, 9.17) is 4.74 Å². The minimum Gasteiger partial charge on any atom is -0.381 e. The van der Waals surface area contributed by atoms with E-state index in [0.717, 1.165) is 56.1 Å². The van der Waals surface area contributed by atoms with Crippen molar-refractivity contribution >= 4 is 16.8 Å². The lowest BCUT2D eigenvalue weighted by Crippen LogP contribution is -2.43. The van der Waals surface area contributed by atoms with Crippen molar-refractivity contribution < 1.29 is 9.53 Å². The fraction of sp³-hybridized carbons (Fsp3) is 0.571. The van der Waals surface area contributed by atoms with Crippen molar-refractivity contribution in [2.24, 2.45) is 5.92 Å². The number of ether oxygens (including phenoxy) is 1. The Kier molecular flexibility index (Phi) is 5.25. The fourth-order valence-corrected chi connectivity index (χ4v) is 4.57. The molecule has 27 heavy (non-hydrogen) atoms. The summed E-state index contributed by atoms with van der Waals surface area (Å²) in [6.45, 7) is 1.50. The molecule has 6 heteroatoms. The number of hydrogen-bond donors (Lipinski definition) is 1. The number of carbonyl (C=O) groups is 1. The van der Waals surface area contributed by atoms with Crippen LogP contribution >= 0.6 is 0 Å². The normalized spacial score (nSPS) is 26.3. The Morgan fingerprint density at radius 1 is 1.26 bits per heavy atom. The van der Waals surface area contributed by atoms with Crippen LogP contribution in [0.1, 0.15) is 50.1 Å². The van der Waals surface area contributed by atoms with E-state index in [2.05, 4.69) is 9.97 Å². The highest BCUT2D eigenvalue weighted by Crippen LogP contribution is 2.31. The van der Waals surface area contributed by atoms with Crippen LogP contribution in [0.4, 0.5) is 0 Å². The molecule has 1 N–H and O–H groups in total. The van der Waals surface area contributed by atoms with Gasteiger partial charge in [0.25, 0.3) is 5.56 Å². The third-order valence-corrected chi connectivity index (χ3v) is 6.15. The van der Waals surface area contributed by atoms with Crippen LogP contribution in [0.3, 0.4) is 0 Å². The number of fused-ring (bicyclic) bond motifs is 1. The zero-order valence-corrected chi connectivity index (χ0v) is 15.8. The summed E-state index contributed by atoms with van der Waals surface area (Å²) in [5.41, 5.74) is 1.24. The van der Waals surface area contributed by atoms with Gasteiger partial charge in [-0.25, -0.2) is 0 Å². The first-order chi connectivity index (χ1) is 13.2. The minimum absolute atomic E-state index is 0.120. The van der Waals surface area contributed by atoms with Gasteiger partial charge in [0.2, 0.25) is 5.91 Å². The lowest BCUT2D eigenvalue weighted by atomic mass is 9.85. The van der Waals surface area contributed by atoms with Crippen molar-refractivity contribution in [2.75, 3.05) is 20.2 Å². The van der Waals surface area contributed by atoms with Gasteiger partial charge in [-0.3, -0.25) is 14.6 Å². The quantitative estimate of drug-likeness (QED) is 0.903. The van der Waals surface area contributed by atoms with E-state index < -0.39 is 0 Å². The number of nitrogens with one attached hydrogen (secondary N) is 1. The zero-order chi connectivity index (χ0) is 18.8. The number of aromatic amines is 1. The lowest BCUT2D eigenvalue weighted by Gasteiger charge is -2.36. The van der Waals surface area contributed by atoms with Crippen LogP contribution in [0.2, 0.25) is 0 Å². The number of likely N-dealkylation sites (tertiary alicyclic amines) is 1. The highest BCUT2D eigenvalue weighted by atomic mass is 16.5. The standard InChI is InChI=1S/C21H27N3O3/c1-27-17-8-6-14(7-9-17)21(26)24-11-3-5-16(13-24)18-12-15-4-2-10-22-19(15)20(25)23-18/h2,4,10,12,14,16-17H,3,5-9,11,13H2,1H3,(H,23,25). The Bertz CT molecular complexity index is 870. The van der Waals surface area contributed by atoms with E-state index in [9.17, 15) is 9.59 Å². The maximum absolute atomic E-state index is 13.0. The monoisotopic (exact) mass is 369 g/mol. The average Bonchev–Trinajstić information content (AvgIpc) is 2.73. The molecule has 2 fully saturated rings. The number of piperidine rings is 1. The summed E-state index contributed by atoms with van der Waals surface area (Å²) in [6.07, 6.45) is 7.66. The minimum atomic E-state index is -0.149. The van der Waals surface area contributed by atoms with Gasteiger partial charge in [-0.15, -0.1) is 0 Å². The van der Waals surface area contributed by atoms with Gasteiger partial charge >= 0.3 is 0 Å². The van der Waals surface area contributed by atoms with Gasteiger partial charge in [0.05, 0.1) is 6.10 Å². The number of carbonyl (C=O) groups excluding carboxylic acids is 1. The molecule has 144 valence electrons. The molecule has 0 radical (unpaired) electrons. The molecule has 1 saturated heterocycles. The number of aromatic nitrogens is 2. The van der Waals surface area contributed by atoms with Crippen molar-refractivity contribution in [2.45, 2.75) is 50.5 Å². The summed E-state index contributed by atoms with van der Waals surface area (Å²) in [5.74, 6) is 0.573. The molecule has 2 aliphatic rings. The van der Waals surface area contributed by atoms with Crippen molar-refractivity contribution in [3.05, 3.63) is 40.4 Å². The molecule has 3 heterocycles. The van der Waals surface area contributed by atoms with Crippen LogP contribution in [-0.4, -0.2) is 47.1 Å². The molecule has 1 atom stereocenters.